The van der Waals surface area contributed by atoms with Gasteiger partial charge in [0.05, 0.1) is 5.69 Å². The second kappa shape index (κ2) is 6.11. The van der Waals surface area contributed by atoms with Crippen LogP contribution in [0.2, 0.25) is 0 Å². The van der Waals surface area contributed by atoms with Gasteiger partial charge in [0.1, 0.15) is 4.88 Å². The molecule has 0 aliphatic heterocycles. The fourth-order valence-corrected chi connectivity index (χ4v) is 4.35. The summed E-state index contributed by atoms with van der Waals surface area (Å²) >= 11 is 1.00. The van der Waals surface area contributed by atoms with E-state index in [9.17, 15) is 13.2 Å². The van der Waals surface area contributed by atoms with Crippen molar-refractivity contribution in [2.24, 2.45) is 0 Å². The van der Waals surface area contributed by atoms with Gasteiger partial charge < -0.3 is 5.11 Å². The van der Waals surface area contributed by atoms with E-state index in [1.165, 1.54) is 10.4 Å². The van der Waals surface area contributed by atoms with Crippen molar-refractivity contribution in [1.82, 2.24) is 4.31 Å². The number of aromatic carboxylic acids is 1. The van der Waals surface area contributed by atoms with Crippen LogP contribution in [-0.4, -0.2) is 36.9 Å². The Kier molecular flexibility index (Phi) is 4.66. The largest absolute Gasteiger partial charge is 0.477 e. The SMILES string of the molecule is CN(C1CCCCC1)S(=O)(=O)Nc1ccsc1C(=O)O. The molecule has 20 heavy (non-hydrogen) atoms. The zero-order valence-corrected chi connectivity index (χ0v) is 12.8. The van der Waals surface area contributed by atoms with Crippen LogP contribution in [0, 0.1) is 0 Å². The minimum atomic E-state index is -3.71. The van der Waals surface area contributed by atoms with Gasteiger partial charge in [-0.1, -0.05) is 19.3 Å². The Balaban J connectivity index is 2.13. The summed E-state index contributed by atoms with van der Waals surface area (Å²) < 4.78 is 28.3. The number of hydrogen-bond acceptors (Lipinski definition) is 4. The molecule has 1 aliphatic carbocycles. The maximum absolute atomic E-state index is 12.3. The third-order valence-corrected chi connectivity index (χ3v) is 6.00. The maximum atomic E-state index is 12.3. The third-order valence-electron chi connectivity index (χ3n) is 3.57. The van der Waals surface area contributed by atoms with Gasteiger partial charge in [0, 0.05) is 13.1 Å². The molecule has 1 aromatic rings. The van der Waals surface area contributed by atoms with Crippen LogP contribution < -0.4 is 4.72 Å². The Morgan fingerprint density at radius 3 is 2.65 bits per heavy atom. The highest BCUT2D eigenvalue weighted by Gasteiger charge is 2.28. The van der Waals surface area contributed by atoms with Gasteiger partial charge in [0.25, 0.3) is 0 Å². The number of hydrogen-bond donors (Lipinski definition) is 2. The van der Waals surface area contributed by atoms with Crippen molar-refractivity contribution in [1.29, 1.82) is 0 Å². The van der Waals surface area contributed by atoms with Crippen molar-refractivity contribution in [3.05, 3.63) is 16.3 Å². The lowest BCUT2D eigenvalue weighted by atomic mass is 9.96. The second-order valence-electron chi connectivity index (χ2n) is 4.88. The molecule has 1 aromatic heterocycles. The molecule has 0 saturated heterocycles. The Bertz CT molecular complexity index is 576. The number of carboxylic acids is 1. The molecule has 0 atom stereocenters. The molecule has 2 rings (SSSR count). The number of carboxylic acid groups (broad SMARTS) is 1. The highest BCUT2D eigenvalue weighted by Crippen LogP contribution is 2.27. The van der Waals surface area contributed by atoms with E-state index in [2.05, 4.69) is 4.72 Å². The van der Waals surface area contributed by atoms with E-state index in [1.54, 1.807) is 12.4 Å². The molecule has 0 bridgehead atoms. The monoisotopic (exact) mass is 318 g/mol. The predicted octanol–water partition coefficient (Wildman–Crippen LogP) is 2.37. The van der Waals surface area contributed by atoms with Crippen LogP contribution in [0.25, 0.3) is 0 Å². The average Bonchev–Trinajstić information content (AvgIpc) is 2.86. The summed E-state index contributed by atoms with van der Waals surface area (Å²) in [7, 11) is -2.17. The van der Waals surface area contributed by atoms with Crippen LogP contribution in [0.4, 0.5) is 5.69 Å². The van der Waals surface area contributed by atoms with Gasteiger partial charge in [-0.3, -0.25) is 4.72 Å². The smallest absolute Gasteiger partial charge is 0.348 e. The molecule has 1 saturated carbocycles. The van der Waals surface area contributed by atoms with Crippen LogP contribution in [-0.2, 0) is 10.2 Å². The van der Waals surface area contributed by atoms with Crippen molar-refractivity contribution in [2.75, 3.05) is 11.8 Å². The Morgan fingerprint density at radius 1 is 1.40 bits per heavy atom. The second-order valence-corrected chi connectivity index (χ2v) is 7.53. The lowest BCUT2D eigenvalue weighted by Crippen LogP contribution is -2.41. The molecule has 6 nitrogen and oxygen atoms in total. The topological polar surface area (TPSA) is 86.7 Å². The van der Waals surface area contributed by atoms with Gasteiger partial charge in [0.15, 0.2) is 0 Å². The van der Waals surface area contributed by atoms with Crippen molar-refractivity contribution in [3.8, 4) is 0 Å². The first kappa shape index (κ1) is 15.3. The number of thiophene rings is 1. The van der Waals surface area contributed by atoms with Crippen LogP contribution in [0.3, 0.4) is 0 Å². The molecule has 112 valence electrons. The summed E-state index contributed by atoms with van der Waals surface area (Å²) in [6, 6.07) is 1.47. The molecule has 1 aliphatic rings. The van der Waals surface area contributed by atoms with Gasteiger partial charge in [-0.15, -0.1) is 11.3 Å². The number of nitrogens with zero attached hydrogens (tertiary/aromatic N) is 1. The molecule has 0 unspecified atom stereocenters. The lowest BCUT2D eigenvalue weighted by molar-refractivity contribution is 0.0703. The summed E-state index contributed by atoms with van der Waals surface area (Å²) in [6.45, 7) is 0. The van der Waals surface area contributed by atoms with E-state index in [0.29, 0.717) is 0 Å². The Hall–Kier alpha value is -1.12. The van der Waals surface area contributed by atoms with Gasteiger partial charge in [-0.2, -0.15) is 12.7 Å². The van der Waals surface area contributed by atoms with E-state index in [0.717, 1.165) is 43.4 Å². The number of nitrogens with one attached hydrogen (secondary N) is 1. The fraction of sp³-hybridized carbons (Fsp3) is 0.583. The van der Waals surface area contributed by atoms with Gasteiger partial charge in [-0.05, 0) is 24.3 Å². The van der Waals surface area contributed by atoms with E-state index in [1.807, 2.05) is 0 Å². The van der Waals surface area contributed by atoms with Crippen LogP contribution in [0.15, 0.2) is 11.4 Å². The first-order chi connectivity index (χ1) is 9.42. The quantitative estimate of drug-likeness (QED) is 0.872. The van der Waals surface area contributed by atoms with Gasteiger partial charge in [-0.25, -0.2) is 4.79 Å². The highest BCUT2D eigenvalue weighted by atomic mass is 32.2. The third kappa shape index (κ3) is 3.31. The minimum absolute atomic E-state index is 0.00520. The molecule has 0 aromatic carbocycles. The molecule has 0 amide bonds. The number of carbonyl (C=O) groups is 1. The minimum Gasteiger partial charge on any atom is -0.477 e. The highest BCUT2D eigenvalue weighted by molar-refractivity contribution is 7.90. The molecular formula is C12H18N2O4S2. The maximum Gasteiger partial charge on any atom is 0.348 e. The molecule has 1 heterocycles. The van der Waals surface area contributed by atoms with Crippen molar-refractivity contribution >= 4 is 33.2 Å². The predicted molar refractivity (Wildman–Crippen MR) is 78.5 cm³/mol. The summed E-state index contributed by atoms with van der Waals surface area (Å²) in [5.41, 5.74) is 0.130. The van der Waals surface area contributed by atoms with Crippen LogP contribution >= 0.6 is 11.3 Å². The molecular weight excluding hydrogens is 300 g/mol. The first-order valence-corrected chi connectivity index (χ1v) is 8.80. The van der Waals surface area contributed by atoms with E-state index >= 15 is 0 Å². The van der Waals surface area contributed by atoms with E-state index in [4.69, 9.17) is 5.11 Å². The molecule has 0 radical (unpaired) electrons. The van der Waals surface area contributed by atoms with Crippen LogP contribution in [0.1, 0.15) is 41.8 Å². The standard InChI is InChI=1S/C12H18N2O4S2/c1-14(9-5-3-2-4-6-9)20(17,18)13-10-7-8-19-11(10)12(15)16/h7-9,13H,2-6H2,1H3,(H,15,16). The zero-order chi connectivity index (χ0) is 14.8. The molecule has 8 heteroatoms. The summed E-state index contributed by atoms with van der Waals surface area (Å²) in [6.07, 6.45) is 4.91. The van der Waals surface area contributed by atoms with Gasteiger partial charge >= 0.3 is 16.2 Å². The average molecular weight is 318 g/mol. The zero-order valence-electron chi connectivity index (χ0n) is 11.2. The molecule has 0 spiro atoms. The summed E-state index contributed by atoms with van der Waals surface area (Å²) in [5.74, 6) is -1.13. The molecule has 2 N–H and O–H groups in total. The fourth-order valence-electron chi connectivity index (χ4n) is 2.41. The van der Waals surface area contributed by atoms with Crippen molar-refractivity contribution in [2.45, 2.75) is 38.1 Å². The Morgan fingerprint density at radius 2 is 2.05 bits per heavy atom. The molecule has 1 fully saturated rings. The van der Waals surface area contributed by atoms with E-state index < -0.39 is 16.2 Å². The summed E-state index contributed by atoms with van der Waals surface area (Å²) in [4.78, 5) is 11.0. The lowest BCUT2D eigenvalue weighted by Gasteiger charge is -2.30. The number of anilines is 1. The Labute approximate surface area is 122 Å². The summed E-state index contributed by atoms with van der Waals surface area (Å²) in [5, 5.41) is 10.6. The van der Waals surface area contributed by atoms with Crippen molar-refractivity contribution < 1.29 is 18.3 Å². The number of rotatable bonds is 5. The van der Waals surface area contributed by atoms with Gasteiger partial charge in [0.2, 0.25) is 0 Å². The van der Waals surface area contributed by atoms with Crippen LogP contribution in [0.5, 0.6) is 0 Å². The normalized spacial score (nSPS) is 17.3. The van der Waals surface area contributed by atoms with Crippen molar-refractivity contribution in [3.63, 3.8) is 0 Å². The van der Waals surface area contributed by atoms with E-state index in [-0.39, 0.29) is 16.6 Å². The first-order valence-electron chi connectivity index (χ1n) is 6.48.